The highest BCUT2D eigenvalue weighted by Crippen LogP contribution is 2.13. The van der Waals surface area contributed by atoms with E-state index in [-0.39, 0.29) is 11.7 Å². The van der Waals surface area contributed by atoms with Crippen LogP contribution in [0.4, 0.5) is 0 Å². The summed E-state index contributed by atoms with van der Waals surface area (Å²) in [7, 11) is 0. The lowest BCUT2D eigenvalue weighted by atomic mass is 9.98. The molecule has 1 atom stereocenters. The molecule has 14 heavy (non-hydrogen) atoms. The summed E-state index contributed by atoms with van der Waals surface area (Å²) in [6.45, 7) is 3.62. The number of carbonyl (C=O) groups is 1. The number of Topliss-reactive ketones (excluding diaryl/α,β-unsaturated/α-hetero) is 1. The van der Waals surface area contributed by atoms with Crippen molar-refractivity contribution in [3.8, 4) is 0 Å². The minimum atomic E-state index is 0.158. The van der Waals surface area contributed by atoms with Crippen molar-refractivity contribution in [2.75, 3.05) is 0 Å². The maximum Gasteiger partial charge on any atom is 0.132 e. The van der Waals surface area contributed by atoms with Crippen molar-refractivity contribution in [2.24, 2.45) is 5.92 Å². The highest BCUT2D eigenvalue weighted by molar-refractivity contribution is 6.30. The third kappa shape index (κ3) is 3.51. The number of hydrogen-bond donors (Lipinski definition) is 0. The molecule has 1 aromatic rings. The van der Waals surface area contributed by atoms with Crippen LogP contribution in [0.1, 0.15) is 25.8 Å². The molecule has 0 aliphatic rings. The van der Waals surface area contributed by atoms with E-state index in [0.717, 1.165) is 17.9 Å². The van der Waals surface area contributed by atoms with Gasteiger partial charge in [-0.15, -0.1) is 0 Å². The molecule has 0 N–H and O–H groups in total. The molecule has 1 nitrogen and oxygen atoms in total. The Morgan fingerprint density at radius 2 is 1.93 bits per heavy atom. The van der Waals surface area contributed by atoms with E-state index < -0.39 is 0 Å². The van der Waals surface area contributed by atoms with Gasteiger partial charge in [-0.1, -0.05) is 30.7 Å². The van der Waals surface area contributed by atoms with Crippen molar-refractivity contribution in [1.82, 2.24) is 0 Å². The SMILES string of the molecule is CC(=O)C(C)CCc1ccc(Cl)cc1. The van der Waals surface area contributed by atoms with Crippen LogP contribution in [0.15, 0.2) is 24.3 Å². The second kappa shape index (κ2) is 5.16. The molecule has 0 spiro atoms. The third-order valence-electron chi connectivity index (χ3n) is 2.47. The Morgan fingerprint density at radius 1 is 1.36 bits per heavy atom. The lowest BCUT2D eigenvalue weighted by Gasteiger charge is -2.06. The first-order valence-corrected chi connectivity index (χ1v) is 5.22. The zero-order valence-corrected chi connectivity index (χ0v) is 9.34. The average molecular weight is 211 g/mol. The van der Waals surface area contributed by atoms with Crippen LogP contribution in [-0.4, -0.2) is 5.78 Å². The molecule has 1 rings (SSSR count). The Kier molecular flexibility index (Phi) is 4.15. The normalized spacial score (nSPS) is 12.5. The van der Waals surface area contributed by atoms with Crippen molar-refractivity contribution in [3.05, 3.63) is 34.9 Å². The first-order chi connectivity index (χ1) is 6.59. The quantitative estimate of drug-likeness (QED) is 0.744. The first-order valence-electron chi connectivity index (χ1n) is 4.84. The fraction of sp³-hybridized carbons (Fsp3) is 0.417. The highest BCUT2D eigenvalue weighted by Gasteiger charge is 2.06. The van der Waals surface area contributed by atoms with Crippen molar-refractivity contribution in [3.63, 3.8) is 0 Å². The Morgan fingerprint density at radius 3 is 2.43 bits per heavy atom. The Labute approximate surface area is 90.1 Å². The number of rotatable bonds is 4. The molecule has 1 aromatic carbocycles. The molecule has 76 valence electrons. The molecule has 0 aliphatic heterocycles. The highest BCUT2D eigenvalue weighted by atomic mass is 35.5. The zero-order valence-electron chi connectivity index (χ0n) is 8.59. The Balaban J connectivity index is 2.46. The average Bonchev–Trinajstić information content (AvgIpc) is 2.16. The van der Waals surface area contributed by atoms with Crippen LogP contribution >= 0.6 is 11.6 Å². The minimum absolute atomic E-state index is 0.158. The van der Waals surface area contributed by atoms with Crippen molar-refractivity contribution < 1.29 is 4.79 Å². The molecular formula is C12H15ClO. The molecule has 2 heteroatoms. The van der Waals surface area contributed by atoms with Gasteiger partial charge in [0.25, 0.3) is 0 Å². The summed E-state index contributed by atoms with van der Waals surface area (Å²) in [4.78, 5) is 11.0. The molecular weight excluding hydrogens is 196 g/mol. The molecule has 0 saturated heterocycles. The van der Waals surface area contributed by atoms with E-state index >= 15 is 0 Å². The van der Waals surface area contributed by atoms with Gasteiger partial charge >= 0.3 is 0 Å². The van der Waals surface area contributed by atoms with Crippen molar-refractivity contribution >= 4 is 17.4 Å². The lowest BCUT2D eigenvalue weighted by Crippen LogP contribution is -2.07. The number of carbonyl (C=O) groups excluding carboxylic acids is 1. The smallest absolute Gasteiger partial charge is 0.132 e. The van der Waals surface area contributed by atoms with Crippen LogP contribution in [0.3, 0.4) is 0 Å². The van der Waals surface area contributed by atoms with Crippen LogP contribution in [-0.2, 0) is 11.2 Å². The van der Waals surface area contributed by atoms with Gasteiger partial charge in [0.1, 0.15) is 5.78 Å². The van der Waals surface area contributed by atoms with E-state index in [9.17, 15) is 4.79 Å². The van der Waals surface area contributed by atoms with Crippen LogP contribution in [0.5, 0.6) is 0 Å². The number of hydrogen-bond acceptors (Lipinski definition) is 1. The molecule has 0 amide bonds. The molecule has 0 aromatic heterocycles. The Bertz CT molecular complexity index is 303. The van der Waals surface area contributed by atoms with Gasteiger partial charge in [0, 0.05) is 10.9 Å². The predicted molar refractivity (Wildman–Crippen MR) is 59.6 cm³/mol. The summed E-state index contributed by atoms with van der Waals surface area (Å²) < 4.78 is 0. The maximum absolute atomic E-state index is 11.0. The molecule has 0 radical (unpaired) electrons. The predicted octanol–water partition coefficient (Wildman–Crippen LogP) is 3.50. The van der Waals surface area contributed by atoms with Crippen LogP contribution in [0.2, 0.25) is 5.02 Å². The van der Waals surface area contributed by atoms with Crippen molar-refractivity contribution in [1.29, 1.82) is 0 Å². The summed E-state index contributed by atoms with van der Waals surface area (Å²) in [6, 6.07) is 7.79. The van der Waals surface area contributed by atoms with Gasteiger partial charge in [-0.3, -0.25) is 4.79 Å². The van der Waals surface area contributed by atoms with Crippen LogP contribution in [0, 0.1) is 5.92 Å². The number of ketones is 1. The summed E-state index contributed by atoms with van der Waals surface area (Å²) in [5.74, 6) is 0.421. The van der Waals surface area contributed by atoms with Crippen molar-refractivity contribution in [2.45, 2.75) is 26.7 Å². The van der Waals surface area contributed by atoms with Gasteiger partial charge in [-0.2, -0.15) is 0 Å². The number of aryl methyl sites for hydroxylation is 1. The second-order valence-corrected chi connectivity index (χ2v) is 4.11. The first kappa shape index (κ1) is 11.3. The summed E-state index contributed by atoms with van der Waals surface area (Å²) in [6.07, 6.45) is 1.86. The fourth-order valence-corrected chi connectivity index (χ4v) is 1.36. The summed E-state index contributed by atoms with van der Waals surface area (Å²) in [5.41, 5.74) is 1.24. The van der Waals surface area contributed by atoms with Gasteiger partial charge < -0.3 is 0 Å². The van der Waals surface area contributed by atoms with E-state index in [0.29, 0.717) is 0 Å². The van der Waals surface area contributed by atoms with E-state index in [1.54, 1.807) is 6.92 Å². The summed E-state index contributed by atoms with van der Waals surface area (Å²) in [5, 5.41) is 0.758. The molecule has 0 heterocycles. The lowest BCUT2D eigenvalue weighted by molar-refractivity contribution is -0.120. The molecule has 0 fully saturated rings. The van der Waals surface area contributed by atoms with E-state index in [1.165, 1.54) is 5.56 Å². The van der Waals surface area contributed by atoms with Gasteiger partial charge in [0.15, 0.2) is 0 Å². The van der Waals surface area contributed by atoms with Gasteiger partial charge in [0.2, 0.25) is 0 Å². The number of halogens is 1. The van der Waals surface area contributed by atoms with Crippen LogP contribution in [0.25, 0.3) is 0 Å². The van der Waals surface area contributed by atoms with Gasteiger partial charge in [0.05, 0.1) is 0 Å². The zero-order chi connectivity index (χ0) is 10.6. The van der Waals surface area contributed by atoms with E-state index in [4.69, 9.17) is 11.6 Å². The number of benzene rings is 1. The largest absolute Gasteiger partial charge is 0.300 e. The Hall–Kier alpha value is -0.820. The molecule has 0 bridgehead atoms. The molecule has 0 saturated carbocycles. The van der Waals surface area contributed by atoms with Gasteiger partial charge in [-0.25, -0.2) is 0 Å². The van der Waals surface area contributed by atoms with E-state index in [2.05, 4.69) is 0 Å². The van der Waals surface area contributed by atoms with E-state index in [1.807, 2.05) is 31.2 Å². The summed E-state index contributed by atoms with van der Waals surface area (Å²) >= 11 is 5.77. The molecule has 0 aliphatic carbocycles. The standard InChI is InChI=1S/C12H15ClO/c1-9(10(2)14)3-4-11-5-7-12(13)8-6-11/h5-9H,3-4H2,1-2H3. The van der Waals surface area contributed by atoms with Gasteiger partial charge in [-0.05, 0) is 37.5 Å². The second-order valence-electron chi connectivity index (χ2n) is 3.68. The third-order valence-corrected chi connectivity index (χ3v) is 2.73. The van der Waals surface area contributed by atoms with Crippen LogP contribution < -0.4 is 0 Å². The monoisotopic (exact) mass is 210 g/mol. The topological polar surface area (TPSA) is 17.1 Å². The molecule has 1 unspecified atom stereocenters. The maximum atomic E-state index is 11.0. The fourth-order valence-electron chi connectivity index (χ4n) is 1.24. The minimum Gasteiger partial charge on any atom is -0.300 e.